The lowest BCUT2D eigenvalue weighted by molar-refractivity contribution is -0.384. The van der Waals surface area contributed by atoms with Crippen molar-refractivity contribution in [2.45, 2.75) is 27.2 Å². The minimum Gasteiger partial charge on any atom is -0.352 e. The number of hydrogen-bond acceptors (Lipinski definition) is 3. The molecule has 1 aromatic rings. The molecule has 0 fully saturated rings. The van der Waals surface area contributed by atoms with Crippen molar-refractivity contribution in [1.29, 1.82) is 0 Å². The van der Waals surface area contributed by atoms with Crippen LogP contribution in [0.3, 0.4) is 0 Å². The van der Waals surface area contributed by atoms with Crippen LogP contribution in [0.4, 0.5) is 5.69 Å². The Morgan fingerprint density at radius 3 is 2.45 bits per heavy atom. The summed E-state index contributed by atoms with van der Waals surface area (Å²) in [5.41, 5.74) is -0.169. The summed E-state index contributed by atoms with van der Waals surface area (Å²) in [4.78, 5) is 22.1. The SMILES string of the molecule is CC(C)(C)CCNC(=O)c1cc([N+](=O)[O-])cc(Cl)c1Cl. The molecule has 110 valence electrons. The van der Waals surface area contributed by atoms with Crippen LogP contribution in [0.1, 0.15) is 37.6 Å². The molecule has 0 saturated heterocycles. The van der Waals surface area contributed by atoms with Crippen LogP contribution in [-0.2, 0) is 0 Å². The second-order valence-corrected chi connectivity index (χ2v) is 6.40. The van der Waals surface area contributed by atoms with Gasteiger partial charge in [-0.3, -0.25) is 14.9 Å². The van der Waals surface area contributed by atoms with Gasteiger partial charge < -0.3 is 5.32 Å². The highest BCUT2D eigenvalue weighted by molar-refractivity contribution is 6.44. The molecule has 1 rings (SSSR count). The van der Waals surface area contributed by atoms with Gasteiger partial charge in [0, 0.05) is 18.7 Å². The van der Waals surface area contributed by atoms with Crippen molar-refractivity contribution in [3.63, 3.8) is 0 Å². The summed E-state index contributed by atoms with van der Waals surface area (Å²) in [6, 6.07) is 2.25. The van der Waals surface area contributed by atoms with Crippen LogP contribution >= 0.6 is 23.2 Å². The molecule has 0 heterocycles. The summed E-state index contributed by atoms with van der Waals surface area (Å²) in [5, 5.41) is 13.4. The van der Waals surface area contributed by atoms with Crippen LogP contribution in [0.25, 0.3) is 0 Å². The second kappa shape index (κ2) is 6.41. The number of halogens is 2. The quantitative estimate of drug-likeness (QED) is 0.671. The molecule has 0 unspecified atom stereocenters. The molecule has 0 saturated carbocycles. The molecule has 5 nitrogen and oxygen atoms in total. The van der Waals surface area contributed by atoms with Crippen molar-refractivity contribution in [1.82, 2.24) is 5.32 Å². The van der Waals surface area contributed by atoms with Crippen molar-refractivity contribution in [2.75, 3.05) is 6.54 Å². The van der Waals surface area contributed by atoms with Crippen molar-refractivity contribution in [3.05, 3.63) is 37.9 Å². The summed E-state index contributed by atoms with van der Waals surface area (Å²) in [6.07, 6.45) is 0.777. The van der Waals surface area contributed by atoms with Crippen LogP contribution in [0.5, 0.6) is 0 Å². The first-order valence-corrected chi connectivity index (χ1v) is 6.79. The predicted molar refractivity (Wildman–Crippen MR) is 79.5 cm³/mol. The van der Waals surface area contributed by atoms with Gasteiger partial charge in [0.25, 0.3) is 11.6 Å². The zero-order chi connectivity index (χ0) is 15.5. The molecule has 0 spiro atoms. The molecule has 0 bridgehead atoms. The molecule has 1 N–H and O–H groups in total. The van der Waals surface area contributed by atoms with E-state index in [-0.39, 0.29) is 26.7 Å². The molecular formula is C13H16Cl2N2O3. The monoisotopic (exact) mass is 318 g/mol. The number of nitrogens with one attached hydrogen (secondary N) is 1. The van der Waals surface area contributed by atoms with E-state index in [1.807, 2.05) is 0 Å². The number of nitro benzene ring substituents is 1. The summed E-state index contributed by atoms with van der Waals surface area (Å²) >= 11 is 11.7. The largest absolute Gasteiger partial charge is 0.352 e. The van der Waals surface area contributed by atoms with Crippen LogP contribution in [0.15, 0.2) is 12.1 Å². The van der Waals surface area contributed by atoms with Gasteiger partial charge in [0.05, 0.1) is 20.5 Å². The highest BCUT2D eigenvalue weighted by atomic mass is 35.5. The number of benzene rings is 1. The van der Waals surface area contributed by atoms with Crippen LogP contribution in [0.2, 0.25) is 10.0 Å². The van der Waals surface area contributed by atoms with E-state index in [0.29, 0.717) is 6.54 Å². The van der Waals surface area contributed by atoms with Crippen LogP contribution in [0, 0.1) is 15.5 Å². The molecule has 0 atom stereocenters. The number of carbonyl (C=O) groups excluding carboxylic acids is 1. The minimum atomic E-state index is -0.617. The predicted octanol–water partition coefficient (Wildman–Crippen LogP) is 4.07. The van der Waals surface area contributed by atoms with Crippen LogP contribution < -0.4 is 5.32 Å². The lowest BCUT2D eigenvalue weighted by Gasteiger charge is -2.18. The molecular weight excluding hydrogens is 303 g/mol. The van der Waals surface area contributed by atoms with Crippen molar-refractivity contribution < 1.29 is 9.72 Å². The van der Waals surface area contributed by atoms with E-state index in [0.717, 1.165) is 18.6 Å². The summed E-state index contributed by atoms with van der Waals surface area (Å²) in [5.74, 6) is -0.468. The molecule has 0 aliphatic rings. The van der Waals surface area contributed by atoms with Gasteiger partial charge in [-0.1, -0.05) is 44.0 Å². The Balaban J connectivity index is 2.90. The van der Waals surface area contributed by atoms with Gasteiger partial charge in [0.1, 0.15) is 0 Å². The third kappa shape index (κ3) is 4.65. The topological polar surface area (TPSA) is 72.2 Å². The number of hydrogen-bond donors (Lipinski definition) is 1. The van der Waals surface area contributed by atoms with Gasteiger partial charge >= 0.3 is 0 Å². The number of carbonyl (C=O) groups is 1. The molecule has 0 aromatic heterocycles. The Morgan fingerprint density at radius 2 is 1.95 bits per heavy atom. The fourth-order valence-electron chi connectivity index (χ4n) is 1.49. The number of rotatable bonds is 4. The van der Waals surface area contributed by atoms with E-state index in [4.69, 9.17) is 23.2 Å². The number of non-ortho nitro benzene ring substituents is 1. The van der Waals surface area contributed by atoms with E-state index in [9.17, 15) is 14.9 Å². The van der Waals surface area contributed by atoms with Gasteiger partial charge in [-0.25, -0.2) is 0 Å². The fourth-order valence-corrected chi connectivity index (χ4v) is 1.90. The Bertz CT molecular complexity index is 539. The Kier molecular flexibility index (Phi) is 5.36. The molecule has 20 heavy (non-hydrogen) atoms. The highest BCUT2D eigenvalue weighted by Gasteiger charge is 2.19. The standard InChI is InChI=1S/C13H16Cl2N2O3/c1-13(2,3)4-5-16-12(18)9-6-8(17(19)20)7-10(14)11(9)15/h6-7H,4-5H2,1-3H3,(H,16,18). The van der Waals surface area contributed by atoms with E-state index in [2.05, 4.69) is 26.1 Å². The molecule has 0 radical (unpaired) electrons. The average molecular weight is 319 g/mol. The van der Waals surface area contributed by atoms with Gasteiger partial charge in [-0.15, -0.1) is 0 Å². The Hall–Kier alpha value is -1.33. The third-order valence-electron chi connectivity index (χ3n) is 2.63. The van der Waals surface area contributed by atoms with Gasteiger partial charge in [-0.05, 0) is 11.8 Å². The zero-order valence-corrected chi connectivity index (χ0v) is 13.0. The van der Waals surface area contributed by atoms with Crippen molar-refractivity contribution in [2.24, 2.45) is 5.41 Å². The van der Waals surface area contributed by atoms with Gasteiger partial charge in [0.2, 0.25) is 0 Å². The summed E-state index contributed by atoms with van der Waals surface area (Å²) in [6.45, 7) is 6.61. The first kappa shape index (κ1) is 16.7. The van der Waals surface area contributed by atoms with Gasteiger partial charge in [-0.2, -0.15) is 0 Å². The number of nitrogens with zero attached hydrogens (tertiary/aromatic N) is 1. The molecule has 7 heteroatoms. The fraction of sp³-hybridized carbons (Fsp3) is 0.462. The molecule has 0 aliphatic carbocycles. The molecule has 0 aliphatic heterocycles. The van der Waals surface area contributed by atoms with Crippen molar-refractivity contribution in [3.8, 4) is 0 Å². The first-order valence-electron chi connectivity index (χ1n) is 6.03. The minimum absolute atomic E-state index is 0.0122. The van der Waals surface area contributed by atoms with Crippen LogP contribution in [-0.4, -0.2) is 17.4 Å². The average Bonchev–Trinajstić information content (AvgIpc) is 2.30. The maximum Gasteiger partial charge on any atom is 0.271 e. The number of amides is 1. The first-order chi connectivity index (χ1) is 9.11. The highest BCUT2D eigenvalue weighted by Crippen LogP contribution is 2.30. The second-order valence-electron chi connectivity index (χ2n) is 5.61. The maximum absolute atomic E-state index is 12.0. The third-order valence-corrected chi connectivity index (χ3v) is 3.43. The molecule has 1 amide bonds. The summed E-state index contributed by atoms with van der Waals surface area (Å²) in [7, 11) is 0. The Morgan fingerprint density at radius 1 is 1.35 bits per heavy atom. The zero-order valence-electron chi connectivity index (χ0n) is 11.5. The van der Waals surface area contributed by atoms with E-state index >= 15 is 0 Å². The van der Waals surface area contributed by atoms with Gasteiger partial charge in [0.15, 0.2) is 0 Å². The maximum atomic E-state index is 12.0. The smallest absolute Gasteiger partial charge is 0.271 e. The van der Waals surface area contributed by atoms with E-state index in [1.165, 1.54) is 0 Å². The normalized spacial score (nSPS) is 11.2. The van der Waals surface area contributed by atoms with Crippen molar-refractivity contribution >= 4 is 34.8 Å². The lowest BCUT2D eigenvalue weighted by Crippen LogP contribution is -2.27. The summed E-state index contributed by atoms with van der Waals surface area (Å²) < 4.78 is 0. The van der Waals surface area contributed by atoms with E-state index in [1.54, 1.807) is 0 Å². The molecule has 1 aromatic carbocycles. The van der Waals surface area contributed by atoms with E-state index < -0.39 is 10.8 Å². The Labute approximate surface area is 127 Å². The lowest BCUT2D eigenvalue weighted by atomic mass is 9.92. The number of nitro groups is 1.